The van der Waals surface area contributed by atoms with Gasteiger partial charge in [0.2, 0.25) is 0 Å². The fraction of sp³-hybridized carbons (Fsp3) is 0.769. The molecule has 0 aliphatic carbocycles. The second-order valence-electron chi connectivity index (χ2n) is 6.18. The lowest BCUT2D eigenvalue weighted by atomic mass is 9.98. The number of nitrogens with zero attached hydrogens (tertiary/aromatic N) is 1. The average molecular weight is 257 g/mol. The summed E-state index contributed by atoms with van der Waals surface area (Å²) in [6.07, 6.45) is 3.58. The summed E-state index contributed by atoms with van der Waals surface area (Å²) in [4.78, 5) is 6.13. The molecule has 2 rings (SSSR count). The van der Waals surface area contributed by atoms with E-state index in [0.29, 0.717) is 4.75 Å². The third-order valence-corrected chi connectivity index (χ3v) is 8.83. The standard InChI is InChI=1S/C13H23NS2/c1-12(2,3)11-14-9-10(15-11)13(4,5)16-7-6-8-16/h9,16H,6-8H2,1-5H3. The zero-order chi connectivity index (χ0) is 12.0. The predicted molar refractivity (Wildman–Crippen MR) is 77.2 cm³/mol. The van der Waals surface area contributed by atoms with Crippen molar-refractivity contribution in [2.24, 2.45) is 0 Å². The van der Waals surface area contributed by atoms with Crippen molar-refractivity contribution in [3.8, 4) is 0 Å². The minimum Gasteiger partial charge on any atom is -0.249 e. The van der Waals surface area contributed by atoms with Gasteiger partial charge in [-0.25, -0.2) is 15.9 Å². The quantitative estimate of drug-likeness (QED) is 0.788. The van der Waals surface area contributed by atoms with E-state index in [0.717, 1.165) is 0 Å². The van der Waals surface area contributed by atoms with Gasteiger partial charge in [0.25, 0.3) is 0 Å². The van der Waals surface area contributed by atoms with Crippen LogP contribution in [0.3, 0.4) is 0 Å². The third-order valence-electron chi connectivity index (χ3n) is 3.40. The van der Waals surface area contributed by atoms with Gasteiger partial charge in [-0.2, -0.15) is 0 Å². The van der Waals surface area contributed by atoms with E-state index >= 15 is 0 Å². The van der Waals surface area contributed by atoms with E-state index in [4.69, 9.17) is 0 Å². The summed E-state index contributed by atoms with van der Waals surface area (Å²) < 4.78 is 0.398. The summed E-state index contributed by atoms with van der Waals surface area (Å²) in [5, 5.41) is 1.28. The van der Waals surface area contributed by atoms with Crippen LogP contribution in [0.1, 0.15) is 50.9 Å². The highest BCUT2D eigenvalue weighted by Crippen LogP contribution is 2.55. The van der Waals surface area contributed by atoms with Crippen molar-refractivity contribution in [2.75, 3.05) is 11.5 Å². The number of aromatic nitrogens is 1. The smallest absolute Gasteiger partial charge is 0.0981 e. The molecule has 1 aliphatic heterocycles. The summed E-state index contributed by atoms with van der Waals surface area (Å²) in [6.45, 7) is 11.6. The number of thiol groups is 1. The number of hydrogen-bond acceptors (Lipinski definition) is 2. The molecule has 1 nitrogen and oxygen atoms in total. The Balaban J connectivity index is 2.24. The van der Waals surface area contributed by atoms with Gasteiger partial charge in [-0.1, -0.05) is 20.8 Å². The van der Waals surface area contributed by atoms with Gasteiger partial charge in [-0.05, 0) is 31.8 Å². The molecular weight excluding hydrogens is 234 g/mol. The summed E-state index contributed by atoms with van der Waals surface area (Å²) >= 11 is 1.93. The first kappa shape index (κ1) is 12.4. The van der Waals surface area contributed by atoms with Crippen LogP contribution in [-0.4, -0.2) is 16.5 Å². The van der Waals surface area contributed by atoms with E-state index in [9.17, 15) is 0 Å². The Labute approximate surface area is 106 Å². The van der Waals surface area contributed by atoms with Gasteiger partial charge in [0.05, 0.1) is 5.01 Å². The third kappa shape index (κ3) is 2.17. The van der Waals surface area contributed by atoms with E-state index in [2.05, 4.69) is 45.8 Å². The lowest BCUT2D eigenvalue weighted by molar-refractivity contribution is 0.585. The van der Waals surface area contributed by atoms with Crippen molar-refractivity contribution in [3.05, 3.63) is 16.1 Å². The molecule has 1 fully saturated rings. The van der Waals surface area contributed by atoms with Gasteiger partial charge in [0, 0.05) is 21.2 Å². The molecule has 0 aromatic carbocycles. The van der Waals surface area contributed by atoms with Crippen LogP contribution in [-0.2, 0) is 10.2 Å². The van der Waals surface area contributed by atoms with Crippen molar-refractivity contribution < 1.29 is 0 Å². The van der Waals surface area contributed by atoms with Crippen LogP contribution in [0.25, 0.3) is 0 Å². The molecule has 0 spiro atoms. The van der Waals surface area contributed by atoms with Gasteiger partial charge < -0.3 is 0 Å². The minimum atomic E-state index is 0.200. The second kappa shape index (κ2) is 4.02. The van der Waals surface area contributed by atoms with Crippen LogP contribution in [0.4, 0.5) is 0 Å². The van der Waals surface area contributed by atoms with Crippen molar-refractivity contribution in [3.63, 3.8) is 0 Å². The topological polar surface area (TPSA) is 12.9 Å². The molecule has 0 radical (unpaired) electrons. The van der Waals surface area contributed by atoms with Crippen molar-refractivity contribution >= 4 is 22.2 Å². The van der Waals surface area contributed by atoms with Gasteiger partial charge in [0.15, 0.2) is 0 Å². The maximum absolute atomic E-state index is 4.62. The SMILES string of the molecule is CC(C)(C)c1ncc(C(C)(C)[SH]2CCC2)s1. The molecule has 0 amide bonds. The fourth-order valence-corrected chi connectivity index (χ4v) is 5.55. The molecule has 16 heavy (non-hydrogen) atoms. The molecule has 2 heterocycles. The normalized spacial score (nSPS) is 19.7. The highest BCUT2D eigenvalue weighted by atomic mass is 32.2. The van der Waals surface area contributed by atoms with Crippen LogP contribution >= 0.6 is 22.2 Å². The average Bonchev–Trinajstić information content (AvgIpc) is 2.44. The monoisotopic (exact) mass is 257 g/mol. The largest absolute Gasteiger partial charge is 0.249 e. The lowest BCUT2D eigenvalue weighted by Crippen LogP contribution is -2.26. The molecule has 0 bridgehead atoms. The molecule has 0 N–H and O–H groups in total. The lowest BCUT2D eigenvalue weighted by Gasteiger charge is -2.43. The highest BCUT2D eigenvalue weighted by molar-refractivity contribution is 8.19. The first-order valence-corrected chi connectivity index (χ1v) is 8.56. The van der Waals surface area contributed by atoms with Gasteiger partial charge in [-0.3, -0.25) is 0 Å². The molecule has 1 aromatic heterocycles. The van der Waals surface area contributed by atoms with Crippen molar-refractivity contribution in [1.29, 1.82) is 0 Å². The summed E-state index contributed by atoms with van der Waals surface area (Å²) in [7, 11) is 0.231. The Hall–Kier alpha value is -0.0200. The predicted octanol–water partition coefficient (Wildman–Crippen LogP) is 4.08. The van der Waals surface area contributed by atoms with Gasteiger partial charge in [-0.15, -0.1) is 11.3 Å². The Morgan fingerprint density at radius 1 is 1.19 bits per heavy atom. The Bertz CT molecular complexity index is 370. The van der Waals surface area contributed by atoms with E-state index in [1.807, 2.05) is 11.3 Å². The highest BCUT2D eigenvalue weighted by Gasteiger charge is 2.34. The minimum absolute atomic E-state index is 0.200. The van der Waals surface area contributed by atoms with Crippen LogP contribution in [0, 0.1) is 0 Å². The zero-order valence-corrected chi connectivity index (χ0v) is 12.7. The number of thiazole rings is 1. The van der Waals surface area contributed by atoms with Crippen LogP contribution in [0.15, 0.2) is 6.20 Å². The molecule has 3 heteroatoms. The molecule has 1 aromatic rings. The number of rotatable bonds is 2. The molecular formula is C13H23NS2. The van der Waals surface area contributed by atoms with Crippen LogP contribution < -0.4 is 0 Å². The van der Waals surface area contributed by atoms with E-state index < -0.39 is 0 Å². The molecule has 1 aliphatic rings. The summed E-state index contributed by atoms with van der Waals surface area (Å²) in [6, 6.07) is 0. The zero-order valence-electron chi connectivity index (χ0n) is 11.0. The Morgan fingerprint density at radius 3 is 2.19 bits per heavy atom. The van der Waals surface area contributed by atoms with E-state index in [1.165, 1.54) is 27.8 Å². The number of hydrogen-bond donors (Lipinski definition) is 1. The Kier molecular flexibility index (Phi) is 3.13. The maximum atomic E-state index is 4.62. The Morgan fingerprint density at radius 2 is 1.81 bits per heavy atom. The van der Waals surface area contributed by atoms with Gasteiger partial charge >= 0.3 is 0 Å². The maximum Gasteiger partial charge on any atom is 0.0981 e. The fourth-order valence-electron chi connectivity index (χ4n) is 1.93. The molecule has 1 saturated heterocycles. The molecule has 0 atom stereocenters. The van der Waals surface area contributed by atoms with Crippen molar-refractivity contribution in [2.45, 2.75) is 51.2 Å². The molecule has 0 unspecified atom stereocenters. The van der Waals surface area contributed by atoms with E-state index in [1.54, 1.807) is 0 Å². The second-order valence-corrected chi connectivity index (χ2v) is 10.3. The van der Waals surface area contributed by atoms with E-state index in [-0.39, 0.29) is 16.3 Å². The summed E-state index contributed by atoms with van der Waals surface area (Å²) in [5.74, 6) is 2.93. The first-order valence-electron chi connectivity index (χ1n) is 6.03. The van der Waals surface area contributed by atoms with Crippen LogP contribution in [0.5, 0.6) is 0 Å². The van der Waals surface area contributed by atoms with Gasteiger partial charge in [0.1, 0.15) is 0 Å². The summed E-state index contributed by atoms with van der Waals surface area (Å²) in [5.41, 5.74) is 0.200. The van der Waals surface area contributed by atoms with Crippen LogP contribution in [0.2, 0.25) is 0 Å². The molecule has 0 saturated carbocycles. The first-order chi connectivity index (χ1) is 7.32. The van der Waals surface area contributed by atoms with Crippen molar-refractivity contribution in [1.82, 2.24) is 4.98 Å². The molecule has 92 valence electrons.